The van der Waals surface area contributed by atoms with Crippen molar-refractivity contribution in [1.82, 2.24) is 4.90 Å². The molecule has 0 aromatic heterocycles. The Kier molecular flexibility index (Phi) is 5.30. The fourth-order valence-corrected chi connectivity index (χ4v) is 3.18. The summed E-state index contributed by atoms with van der Waals surface area (Å²) in [5.74, 6) is -1.95. The third-order valence-electron chi connectivity index (χ3n) is 3.95. The van der Waals surface area contributed by atoms with Crippen LogP contribution in [0.15, 0.2) is 36.4 Å². The van der Waals surface area contributed by atoms with E-state index >= 15 is 0 Å². The van der Waals surface area contributed by atoms with E-state index in [0.29, 0.717) is 36.2 Å². The first-order chi connectivity index (χ1) is 11.9. The van der Waals surface area contributed by atoms with E-state index in [-0.39, 0.29) is 11.7 Å². The maximum atomic E-state index is 13.2. The number of urea groups is 1. The molecule has 2 aromatic carbocycles. The molecule has 1 aliphatic heterocycles. The lowest BCUT2D eigenvalue weighted by atomic mass is 10.2. The molecule has 0 saturated carbocycles. The Bertz CT molecular complexity index is 775. The second kappa shape index (κ2) is 7.45. The molecule has 25 heavy (non-hydrogen) atoms. The summed E-state index contributed by atoms with van der Waals surface area (Å²) >= 11 is 12.0. The second-order valence-corrected chi connectivity index (χ2v) is 6.53. The van der Waals surface area contributed by atoms with Gasteiger partial charge in [-0.2, -0.15) is 0 Å². The van der Waals surface area contributed by atoms with Crippen LogP contribution in [0, 0.1) is 11.6 Å². The van der Waals surface area contributed by atoms with E-state index in [4.69, 9.17) is 23.2 Å². The fourth-order valence-electron chi connectivity index (χ4n) is 2.67. The molecule has 2 aromatic rings. The van der Waals surface area contributed by atoms with Gasteiger partial charge in [0.2, 0.25) is 0 Å². The molecule has 0 spiro atoms. The minimum Gasteiger partial charge on any atom is -0.368 e. The lowest BCUT2D eigenvalue weighted by molar-refractivity contribution is 0.208. The van der Waals surface area contributed by atoms with Gasteiger partial charge in [-0.1, -0.05) is 23.2 Å². The van der Waals surface area contributed by atoms with E-state index in [1.807, 2.05) is 12.1 Å². The molecule has 0 bridgehead atoms. The Morgan fingerprint density at radius 1 is 0.920 bits per heavy atom. The molecule has 1 heterocycles. The van der Waals surface area contributed by atoms with Gasteiger partial charge in [0.1, 0.15) is 0 Å². The largest absolute Gasteiger partial charge is 0.368 e. The molecule has 1 N–H and O–H groups in total. The van der Waals surface area contributed by atoms with Crippen LogP contribution in [0.3, 0.4) is 0 Å². The molecule has 0 atom stereocenters. The van der Waals surface area contributed by atoms with E-state index in [1.165, 1.54) is 6.07 Å². The minimum absolute atomic E-state index is 0.216. The SMILES string of the molecule is O=C(Nc1ccc(F)c(F)c1)N1CCN(c2cc(Cl)cc(Cl)c2)CC1. The molecule has 3 rings (SSSR count). The number of nitrogens with one attached hydrogen (secondary N) is 1. The van der Waals surface area contributed by atoms with Crippen LogP contribution < -0.4 is 10.2 Å². The van der Waals surface area contributed by atoms with Crippen LogP contribution in [-0.2, 0) is 0 Å². The number of amides is 2. The number of halogens is 4. The molecule has 132 valence electrons. The molecule has 0 aliphatic carbocycles. The van der Waals surface area contributed by atoms with Crippen LogP contribution in [0.2, 0.25) is 10.0 Å². The van der Waals surface area contributed by atoms with Crippen molar-refractivity contribution in [2.45, 2.75) is 0 Å². The van der Waals surface area contributed by atoms with Gasteiger partial charge in [-0.15, -0.1) is 0 Å². The maximum absolute atomic E-state index is 13.2. The van der Waals surface area contributed by atoms with Crippen molar-refractivity contribution in [3.05, 3.63) is 58.1 Å². The van der Waals surface area contributed by atoms with Crippen molar-refractivity contribution in [1.29, 1.82) is 0 Å². The van der Waals surface area contributed by atoms with Gasteiger partial charge in [0.05, 0.1) is 0 Å². The summed E-state index contributed by atoms with van der Waals surface area (Å²) in [6, 6.07) is 8.21. The molecule has 0 unspecified atom stereocenters. The first-order valence-electron chi connectivity index (χ1n) is 7.64. The molecule has 4 nitrogen and oxygen atoms in total. The summed E-state index contributed by atoms with van der Waals surface area (Å²) in [6.45, 7) is 2.20. The third-order valence-corrected chi connectivity index (χ3v) is 4.39. The number of nitrogens with zero attached hydrogens (tertiary/aromatic N) is 2. The Hall–Kier alpha value is -2.05. The summed E-state index contributed by atoms with van der Waals surface area (Å²) in [7, 11) is 0. The van der Waals surface area contributed by atoms with Gasteiger partial charge in [-0.3, -0.25) is 0 Å². The Labute approximate surface area is 153 Å². The molecular weight excluding hydrogens is 371 g/mol. The van der Waals surface area contributed by atoms with Crippen LogP contribution >= 0.6 is 23.2 Å². The van der Waals surface area contributed by atoms with Gasteiger partial charge in [0.25, 0.3) is 0 Å². The lowest BCUT2D eigenvalue weighted by Crippen LogP contribution is -2.50. The molecular formula is C17H15Cl2F2N3O. The molecule has 1 saturated heterocycles. The highest BCUT2D eigenvalue weighted by Gasteiger charge is 2.22. The van der Waals surface area contributed by atoms with E-state index in [9.17, 15) is 13.6 Å². The number of anilines is 2. The number of hydrogen-bond acceptors (Lipinski definition) is 2. The fraction of sp³-hybridized carbons (Fsp3) is 0.235. The average molecular weight is 386 g/mol. The van der Waals surface area contributed by atoms with Crippen molar-refractivity contribution in [3.63, 3.8) is 0 Å². The van der Waals surface area contributed by atoms with E-state index in [0.717, 1.165) is 17.8 Å². The normalized spacial score (nSPS) is 14.6. The first kappa shape index (κ1) is 17.8. The minimum atomic E-state index is -1.000. The highest BCUT2D eigenvalue weighted by atomic mass is 35.5. The molecule has 8 heteroatoms. The predicted molar refractivity (Wildman–Crippen MR) is 95.6 cm³/mol. The Morgan fingerprint density at radius 3 is 2.16 bits per heavy atom. The summed E-state index contributed by atoms with van der Waals surface area (Å²) in [6.07, 6.45) is 0. The predicted octanol–water partition coefficient (Wildman–Crippen LogP) is 4.63. The zero-order valence-corrected chi connectivity index (χ0v) is 14.6. The second-order valence-electron chi connectivity index (χ2n) is 5.66. The van der Waals surface area contributed by atoms with Crippen LogP contribution in [0.5, 0.6) is 0 Å². The Morgan fingerprint density at radius 2 is 1.56 bits per heavy atom. The molecule has 2 amide bonds. The number of carbonyl (C=O) groups excluding carboxylic acids is 1. The Balaban J connectivity index is 1.59. The number of rotatable bonds is 2. The standard InChI is InChI=1S/C17H15Cl2F2N3O/c18-11-7-12(19)9-14(8-11)23-3-5-24(6-4-23)17(25)22-13-1-2-15(20)16(21)10-13/h1-2,7-10H,3-6H2,(H,22,25). The zero-order valence-electron chi connectivity index (χ0n) is 13.1. The zero-order chi connectivity index (χ0) is 18.0. The summed E-state index contributed by atoms with van der Waals surface area (Å²) in [5.41, 5.74) is 1.12. The summed E-state index contributed by atoms with van der Waals surface area (Å²) in [5, 5.41) is 3.69. The maximum Gasteiger partial charge on any atom is 0.321 e. The number of benzene rings is 2. The first-order valence-corrected chi connectivity index (χ1v) is 8.40. The summed E-state index contributed by atoms with van der Waals surface area (Å²) in [4.78, 5) is 16.0. The lowest BCUT2D eigenvalue weighted by Gasteiger charge is -2.36. The van der Waals surface area contributed by atoms with Crippen molar-refractivity contribution in [3.8, 4) is 0 Å². The van der Waals surface area contributed by atoms with Crippen LogP contribution in [0.25, 0.3) is 0 Å². The molecule has 1 aliphatic rings. The monoisotopic (exact) mass is 385 g/mol. The smallest absolute Gasteiger partial charge is 0.321 e. The topological polar surface area (TPSA) is 35.6 Å². The average Bonchev–Trinajstić information content (AvgIpc) is 2.57. The van der Waals surface area contributed by atoms with Crippen molar-refractivity contribution < 1.29 is 13.6 Å². The van der Waals surface area contributed by atoms with E-state index in [1.54, 1.807) is 11.0 Å². The highest BCUT2D eigenvalue weighted by molar-refractivity contribution is 6.35. The van der Waals surface area contributed by atoms with Gasteiger partial charge < -0.3 is 15.1 Å². The molecule has 0 radical (unpaired) electrons. The van der Waals surface area contributed by atoms with Gasteiger partial charge >= 0.3 is 6.03 Å². The van der Waals surface area contributed by atoms with Gasteiger partial charge in [0.15, 0.2) is 11.6 Å². The van der Waals surface area contributed by atoms with Crippen LogP contribution in [0.1, 0.15) is 0 Å². The van der Waals surface area contributed by atoms with Crippen molar-refractivity contribution >= 4 is 40.6 Å². The van der Waals surface area contributed by atoms with Crippen LogP contribution in [0.4, 0.5) is 25.0 Å². The van der Waals surface area contributed by atoms with Gasteiger partial charge in [-0.05, 0) is 30.3 Å². The number of hydrogen-bond donors (Lipinski definition) is 1. The van der Waals surface area contributed by atoms with Crippen molar-refractivity contribution in [2.24, 2.45) is 0 Å². The van der Waals surface area contributed by atoms with E-state index < -0.39 is 11.6 Å². The van der Waals surface area contributed by atoms with Crippen molar-refractivity contribution in [2.75, 3.05) is 36.4 Å². The number of carbonyl (C=O) groups is 1. The quantitative estimate of drug-likeness (QED) is 0.817. The number of piperazine rings is 1. The highest BCUT2D eigenvalue weighted by Crippen LogP contribution is 2.26. The van der Waals surface area contributed by atoms with Gasteiger partial charge in [-0.25, -0.2) is 13.6 Å². The van der Waals surface area contributed by atoms with Crippen LogP contribution in [-0.4, -0.2) is 37.1 Å². The third kappa shape index (κ3) is 4.32. The van der Waals surface area contributed by atoms with Gasteiger partial charge in [0, 0.05) is 53.7 Å². The summed E-state index contributed by atoms with van der Waals surface area (Å²) < 4.78 is 26.1. The van der Waals surface area contributed by atoms with E-state index in [2.05, 4.69) is 10.2 Å². The molecule has 1 fully saturated rings.